The largest absolute Gasteiger partial charge is 0.255 e. The summed E-state index contributed by atoms with van der Waals surface area (Å²) in [5.41, 5.74) is 17.1. The van der Waals surface area contributed by atoms with Gasteiger partial charge in [-0.05, 0) is 88.1 Å². The van der Waals surface area contributed by atoms with Crippen LogP contribution in [0.4, 0.5) is 0 Å². The summed E-state index contributed by atoms with van der Waals surface area (Å²) in [6, 6.07) is 71.5. The normalized spacial score (nSPS) is 13.2. The predicted molar refractivity (Wildman–Crippen MR) is 229 cm³/mol. The zero-order chi connectivity index (χ0) is 36.1. The average Bonchev–Trinajstić information content (AvgIpc) is 3.73. The van der Waals surface area contributed by atoms with E-state index in [9.17, 15) is 0 Å². The highest BCUT2D eigenvalue weighted by Gasteiger charge is 2.52. The lowest BCUT2D eigenvalue weighted by Crippen LogP contribution is -2.26. The van der Waals surface area contributed by atoms with E-state index in [0.717, 1.165) is 5.69 Å². The third-order valence-corrected chi connectivity index (χ3v) is 12.3. The van der Waals surface area contributed by atoms with Gasteiger partial charge in [0.05, 0.1) is 11.1 Å². The highest BCUT2D eigenvalue weighted by Crippen LogP contribution is 2.63. The van der Waals surface area contributed by atoms with Gasteiger partial charge in [0.25, 0.3) is 0 Å². The molecule has 1 aromatic heterocycles. The number of rotatable bonds is 3. The summed E-state index contributed by atoms with van der Waals surface area (Å²) in [6.45, 7) is 0. The molecule has 0 unspecified atom stereocenters. The fourth-order valence-corrected chi connectivity index (χ4v) is 10.2. The maximum absolute atomic E-state index is 5.35. The van der Waals surface area contributed by atoms with Crippen molar-refractivity contribution in [2.24, 2.45) is 0 Å². The van der Waals surface area contributed by atoms with Gasteiger partial charge in [-0.3, -0.25) is 4.98 Å². The van der Waals surface area contributed by atoms with Crippen LogP contribution in [0, 0.1) is 0 Å². The van der Waals surface area contributed by atoms with Crippen LogP contribution in [0.5, 0.6) is 0 Å². The van der Waals surface area contributed by atoms with Crippen LogP contribution in [0.1, 0.15) is 22.3 Å². The van der Waals surface area contributed by atoms with Gasteiger partial charge >= 0.3 is 0 Å². The number of fused-ring (bicyclic) bond motifs is 14. The van der Waals surface area contributed by atoms with E-state index in [0.29, 0.717) is 0 Å². The van der Waals surface area contributed by atoms with Gasteiger partial charge in [0, 0.05) is 22.7 Å². The van der Waals surface area contributed by atoms with Gasteiger partial charge in [0.2, 0.25) is 0 Å². The van der Waals surface area contributed by atoms with Crippen LogP contribution >= 0.6 is 0 Å². The number of hydrogen-bond donors (Lipinski definition) is 0. The quantitative estimate of drug-likeness (QED) is 0.168. The monoisotopic (exact) mass is 695 g/mol. The van der Waals surface area contributed by atoms with Crippen molar-refractivity contribution in [3.63, 3.8) is 0 Å². The van der Waals surface area contributed by atoms with Crippen molar-refractivity contribution in [1.29, 1.82) is 0 Å². The number of aromatic nitrogens is 1. The van der Waals surface area contributed by atoms with E-state index in [1.54, 1.807) is 0 Å². The smallest absolute Gasteiger partial charge is 0.0759 e. The fraction of sp³-hybridized carbons (Fsp3) is 0.0185. The number of hydrogen-bond acceptors (Lipinski definition) is 1. The summed E-state index contributed by atoms with van der Waals surface area (Å²) in [7, 11) is 0. The Kier molecular flexibility index (Phi) is 6.33. The molecule has 1 spiro atoms. The summed E-state index contributed by atoms with van der Waals surface area (Å²) in [6.07, 6.45) is 2.11. The molecule has 0 N–H and O–H groups in total. The Bertz CT molecular complexity index is 3070. The van der Waals surface area contributed by atoms with Gasteiger partial charge in [-0.25, -0.2) is 0 Å². The summed E-state index contributed by atoms with van der Waals surface area (Å²) in [4.78, 5) is 5.35. The zero-order valence-corrected chi connectivity index (χ0v) is 30.0. The van der Waals surface area contributed by atoms with Gasteiger partial charge in [-0.2, -0.15) is 0 Å². The van der Waals surface area contributed by atoms with Gasteiger partial charge < -0.3 is 0 Å². The third-order valence-electron chi connectivity index (χ3n) is 12.3. The molecule has 0 aliphatic heterocycles. The molecule has 0 saturated carbocycles. The second-order valence-corrected chi connectivity index (χ2v) is 14.9. The van der Waals surface area contributed by atoms with E-state index in [1.165, 1.54) is 105 Å². The molecule has 254 valence electrons. The lowest BCUT2D eigenvalue weighted by atomic mass is 9.69. The molecule has 1 heterocycles. The van der Waals surface area contributed by atoms with Crippen LogP contribution < -0.4 is 0 Å². The summed E-state index contributed by atoms with van der Waals surface area (Å²) < 4.78 is 0. The second kappa shape index (κ2) is 11.5. The number of pyridine rings is 1. The summed E-state index contributed by atoms with van der Waals surface area (Å²) in [5, 5.41) is 7.49. The molecule has 12 rings (SSSR count). The van der Waals surface area contributed by atoms with E-state index >= 15 is 0 Å². The molecule has 1 nitrogen and oxygen atoms in total. The van der Waals surface area contributed by atoms with E-state index in [1.807, 2.05) is 0 Å². The first-order chi connectivity index (χ1) is 27.3. The topological polar surface area (TPSA) is 12.9 Å². The van der Waals surface area contributed by atoms with Crippen LogP contribution in [0.3, 0.4) is 0 Å². The maximum atomic E-state index is 5.35. The van der Waals surface area contributed by atoms with Crippen molar-refractivity contribution < 1.29 is 0 Å². The van der Waals surface area contributed by atoms with E-state index in [-0.39, 0.29) is 0 Å². The number of benzene rings is 9. The summed E-state index contributed by atoms with van der Waals surface area (Å²) >= 11 is 0. The van der Waals surface area contributed by atoms with Crippen LogP contribution in [0.2, 0.25) is 0 Å². The third kappa shape index (κ3) is 4.05. The minimum Gasteiger partial charge on any atom is -0.255 e. The van der Waals surface area contributed by atoms with E-state index in [2.05, 4.69) is 200 Å². The Morgan fingerprint density at radius 3 is 1.29 bits per heavy atom. The van der Waals surface area contributed by atoms with Crippen molar-refractivity contribution in [2.75, 3.05) is 0 Å². The van der Waals surface area contributed by atoms with E-state index < -0.39 is 5.41 Å². The molecule has 2 aliphatic rings. The van der Waals surface area contributed by atoms with Crippen LogP contribution in [0.15, 0.2) is 200 Å². The molecule has 55 heavy (non-hydrogen) atoms. The minimum atomic E-state index is -0.442. The highest BCUT2D eigenvalue weighted by atomic mass is 14.7. The maximum Gasteiger partial charge on any atom is 0.0759 e. The molecule has 1 heteroatoms. The van der Waals surface area contributed by atoms with Gasteiger partial charge in [-0.1, -0.05) is 194 Å². The Labute approximate surface area is 319 Å². The SMILES string of the molecule is c1ccc(-c2c3ccccc3c(-c3ccc(-c4cccc5c6c(ncc45)-c4ccccc4C64c5ccccc5-c5ccccc54)cc3)c3ccccc23)cc1. The van der Waals surface area contributed by atoms with Crippen molar-refractivity contribution in [3.8, 4) is 55.8 Å². The van der Waals surface area contributed by atoms with Crippen molar-refractivity contribution in [1.82, 2.24) is 4.98 Å². The molecule has 0 atom stereocenters. The van der Waals surface area contributed by atoms with Gasteiger partial charge in [0.1, 0.15) is 0 Å². The van der Waals surface area contributed by atoms with Crippen molar-refractivity contribution in [2.45, 2.75) is 5.41 Å². The lowest BCUT2D eigenvalue weighted by molar-refractivity contribution is 0.799. The average molecular weight is 696 g/mol. The van der Waals surface area contributed by atoms with Crippen LogP contribution in [-0.4, -0.2) is 4.98 Å². The minimum absolute atomic E-state index is 0.442. The molecule has 0 bridgehead atoms. The lowest BCUT2D eigenvalue weighted by Gasteiger charge is -2.31. The molecule has 9 aromatic carbocycles. The Morgan fingerprint density at radius 1 is 0.291 bits per heavy atom. The molecular weight excluding hydrogens is 663 g/mol. The van der Waals surface area contributed by atoms with Crippen LogP contribution in [0.25, 0.3) is 88.1 Å². The highest BCUT2D eigenvalue weighted by molar-refractivity contribution is 6.21. The number of nitrogens with zero attached hydrogens (tertiary/aromatic N) is 1. The molecule has 0 radical (unpaired) electrons. The molecule has 0 fully saturated rings. The van der Waals surface area contributed by atoms with Crippen molar-refractivity contribution in [3.05, 3.63) is 223 Å². The molecule has 0 amide bonds. The molecule has 2 aliphatic carbocycles. The van der Waals surface area contributed by atoms with Gasteiger partial charge in [-0.15, -0.1) is 0 Å². The Balaban J connectivity index is 1.07. The summed E-state index contributed by atoms with van der Waals surface area (Å²) in [5.74, 6) is 0. The first kappa shape index (κ1) is 30.4. The zero-order valence-electron chi connectivity index (χ0n) is 30.0. The Hall–Kier alpha value is -7.09. The predicted octanol–water partition coefficient (Wildman–Crippen LogP) is 13.9. The van der Waals surface area contributed by atoms with Gasteiger partial charge in [0.15, 0.2) is 0 Å². The molecule has 0 saturated heterocycles. The molecule has 10 aromatic rings. The first-order valence-corrected chi connectivity index (χ1v) is 19.1. The molecular formula is C54H33N. The first-order valence-electron chi connectivity index (χ1n) is 19.1. The van der Waals surface area contributed by atoms with Crippen molar-refractivity contribution >= 4 is 32.3 Å². The standard InChI is InChI=1S/C54H33N/c1-2-15-35(16-3-1)50-40-19-4-6-21-42(40)51(43-22-7-5-20-41(43)50)36-31-29-34(30-32-36)37-24-14-25-44-46(37)33-55-53-45-23-10-13-28-49(45)54(52(44)53)47-26-11-8-17-38(47)39-18-9-12-27-48(39)54/h1-33H. The Morgan fingerprint density at radius 2 is 0.709 bits per heavy atom. The van der Waals surface area contributed by atoms with E-state index in [4.69, 9.17) is 4.98 Å². The fourth-order valence-electron chi connectivity index (χ4n) is 10.2. The second-order valence-electron chi connectivity index (χ2n) is 14.9. The van der Waals surface area contributed by atoms with Crippen LogP contribution in [-0.2, 0) is 5.41 Å².